The molecule has 0 aliphatic heterocycles. The Morgan fingerprint density at radius 2 is 1.60 bits per heavy atom. The molecule has 1 atom stereocenters. The molecule has 0 fully saturated rings. The summed E-state index contributed by atoms with van der Waals surface area (Å²) < 4.78 is 0. The van der Waals surface area contributed by atoms with Gasteiger partial charge < -0.3 is 4.90 Å². The molecule has 0 N–H and O–H groups in total. The van der Waals surface area contributed by atoms with Crippen molar-refractivity contribution in [2.75, 3.05) is 19.0 Å². The Morgan fingerprint density at radius 1 is 1.13 bits per heavy atom. The molecular formula is C12H20BNP. The van der Waals surface area contributed by atoms with Crippen molar-refractivity contribution < 1.29 is 0 Å². The van der Waals surface area contributed by atoms with Gasteiger partial charge in [-0.05, 0) is 24.0 Å². The second-order valence-corrected chi connectivity index (χ2v) is 4.29. The molecule has 1 radical (unpaired) electrons. The molecule has 0 saturated heterocycles. The van der Waals surface area contributed by atoms with Crippen molar-refractivity contribution in [1.82, 2.24) is 0 Å². The summed E-state index contributed by atoms with van der Waals surface area (Å²) in [5, 5.41) is 0. The summed E-state index contributed by atoms with van der Waals surface area (Å²) in [7, 11) is 6.93. The number of hydrogen-bond donors (Lipinski definition) is 0. The molecule has 81 valence electrons. The highest BCUT2D eigenvalue weighted by Gasteiger charge is 2.09. The van der Waals surface area contributed by atoms with Crippen LogP contribution in [0.15, 0.2) is 12.1 Å². The Morgan fingerprint density at radius 3 is 1.87 bits per heavy atom. The van der Waals surface area contributed by atoms with Gasteiger partial charge >= 0.3 is 0 Å². The van der Waals surface area contributed by atoms with Crippen molar-refractivity contribution in [3.8, 4) is 0 Å². The molecule has 0 bridgehead atoms. The van der Waals surface area contributed by atoms with Gasteiger partial charge in [0.2, 0.25) is 0 Å². The van der Waals surface area contributed by atoms with Crippen molar-refractivity contribution in [2.45, 2.75) is 26.7 Å². The van der Waals surface area contributed by atoms with Crippen molar-refractivity contribution in [3.05, 3.63) is 23.3 Å². The molecule has 1 nitrogen and oxygen atoms in total. The minimum Gasteiger partial charge on any atom is -0.377 e. The van der Waals surface area contributed by atoms with Crippen LogP contribution in [0.5, 0.6) is 0 Å². The first-order valence-corrected chi connectivity index (χ1v) is 6.18. The van der Waals surface area contributed by atoms with Crippen molar-refractivity contribution in [1.29, 1.82) is 0 Å². The largest absolute Gasteiger partial charge is 0.377 e. The zero-order valence-corrected chi connectivity index (χ0v) is 11.3. The van der Waals surface area contributed by atoms with Crippen LogP contribution in [0, 0.1) is 0 Å². The summed E-state index contributed by atoms with van der Waals surface area (Å²) in [6.07, 6.45) is 2.18. The number of nitrogens with zero attached hydrogens (tertiary/aromatic N) is 1. The zero-order valence-electron chi connectivity index (χ0n) is 10.2. The van der Waals surface area contributed by atoms with Gasteiger partial charge in [0.15, 0.2) is 7.00 Å². The smallest absolute Gasteiger partial charge is 0.178 e. The maximum absolute atomic E-state index is 2.68. The van der Waals surface area contributed by atoms with E-state index in [-0.39, 0.29) is 0 Å². The first-order chi connectivity index (χ1) is 7.13. The molecule has 3 heteroatoms. The highest BCUT2D eigenvalue weighted by Crippen LogP contribution is 2.24. The Bertz CT molecular complexity index is 311. The number of hydrogen-bond acceptors (Lipinski definition) is 1. The van der Waals surface area contributed by atoms with Crippen LogP contribution in [-0.2, 0) is 12.8 Å². The lowest BCUT2D eigenvalue weighted by Crippen LogP contribution is -2.18. The Labute approximate surface area is 96.7 Å². The molecule has 0 aliphatic rings. The van der Waals surface area contributed by atoms with Gasteiger partial charge in [0.25, 0.3) is 0 Å². The van der Waals surface area contributed by atoms with E-state index in [4.69, 9.17) is 0 Å². The second kappa shape index (κ2) is 5.56. The normalized spacial score (nSPS) is 10.2. The van der Waals surface area contributed by atoms with Crippen LogP contribution in [0.25, 0.3) is 0 Å². The Hall–Kier alpha value is -0.485. The lowest BCUT2D eigenvalue weighted by Gasteiger charge is -2.22. The molecule has 1 aromatic carbocycles. The summed E-state index contributed by atoms with van der Waals surface area (Å²) >= 11 is 0. The van der Waals surface area contributed by atoms with Crippen molar-refractivity contribution >= 4 is 27.3 Å². The molecule has 1 rings (SSSR count). The fourth-order valence-electron chi connectivity index (χ4n) is 2.00. The van der Waals surface area contributed by atoms with Crippen molar-refractivity contribution in [3.63, 3.8) is 0 Å². The topological polar surface area (TPSA) is 3.24 Å². The van der Waals surface area contributed by atoms with E-state index in [0.717, 1.165) is 12.8 Å². The second-order valence-electron chi connectivity index (χ2n) is 3.96. The van der Waals surface area contributed by atoms with Crippen molar-refractivity contribution in [2.24, 2.45) is 0 Å². The van der Waals surface area contributed by atoms with Gasteiger partial charge in [-0.2, -0.15) is 9.12 Å². The molecule has 1 aromatic rings. The molecule has 0 aliphatic carbocycles. The highest BCUT2D eigenvalue weighted by atomic mass is 31.0. The van der Waals surface area contributed by atoms with Gasteiger partial charge in [-0.25, -0.2) is 0 Å². The average molecular weight is 220 g/mol. The number of anilines is 1. The maximum Gasteiger partial charge on any atom is 0.178 e. The molecule has 0 aromatic heterocycles. The Balaban J connectivity index is 3.32. The van der Waals surface area contributed by atoms with Crippen LogP contribution in [0.4, 0.5) is 5.69 Å². The minimum absolute atomic E-state index is 1.09. The summed E-state index contributed by atoms with van der Waals surface area (Å²) in [6, 6.07) is 4.56. The SMILES string of the molecule is CCc1cc([B]P)cc(CC)c1N(C)C. The van der Waals surface area contributed by atoms with Gasteiger partial charge in [0.1, 0.15) is 0 Å². The van der Waals surface area contributed by atoms with Crippen LogP contribution in [0.3, 0.4) is 0 Å². The number of rotatable bonds is 4. The molecule has 1 unspecified atom stereocenters. The first-order valence-electron chi connectivity index (χ1n) is 5.52. The van der Waals surface area contributed by atoms with Gasteiger partial charge in [-0.15, -0.1) is 0 Å². The number of aryl methyl sites for hydroxylation is 2. The predicted octanol–water partition coefficient (Wildman–Crippen LogP) is 2.00. The van der Waals surface area contributed by atoms with Gasteiger partial charge in [-0.3, -0.25) is 0 Å². The van der Waals surface area contributed by atoms with Crippen LogP contribution in [0.1, 0.15) is 25.0 Å². The van der Waals surface area contributed by atoms with E-state index >= 15 is 0 Å². The van der Waals surface area contributed by atoms with E-state index in [1.165, 1.54) is 22.3 Å². The summed E-state index contributed by atoms with van der Waals surface area (Å²) in [5.74, 6) is 0. The lowest BCUT2D eigenvalue weighted by molar-refractivity contribution is 1.02. The summed E-state index contributed by atoms with van der Waals surface area (Å²) in [6.45, 7) is 6.53. The number of benzene rings is 1. The fourth-order valence-corrected chi connectivity index (χ4v) is 2.19. The third kappa shape index (κ3) is 2.75. The van der Waals surface area contributed by atoms with Crippen LogP contribution in [-0.4, -0.2) is 21.1 Å². The molecule has 0 amide bonds. The first kappa shape index (κ1) is 12.6. The van der Waals surface area contributed by atoms with Gasteiger partial charge in [0.05, 0.1) is 0 Å². The quantitative estimate of drug-likeness (QED) is 0.554. The van der Waals surface area contributed by atoms with Crippen LogP contribution < -0.4 is 10.4 Å². The van der Waals surface area contributed by atoms with E-state index in [1.54, 1.807) is 0 Å². The van der Waals surface area contributed by atoms with E-state index in [1.807, 2.05) is 0 Å². The van der Waals surface area contributed by atoms with Gasteiger partial charge in [-0.1, -0.05) is 31.4 Å². The zero-order chi connectivity index (χ0) is 11.4. The summed E-state index contributed by atoms with van der Waals surface area (Å²) in [5.41, 5.74) is 5.58. The molecule has 15 heavy (non-hydrogen) atoms. The van der Waals surface area contributed by atoms with E-state index in [0.29, 0.717) is 0 Å². The standard InChI is InChI=1S/C12H20BNP/c1-5-9-7-11(13-15)8-10(6-2)12(9)14(3)4/h7-8H,5-6,15H2,1-4H3. The highest BCUT2D eigenvalue weighted by molar-refractivity contribution is 7.58. The minimum atomic E-state index is 1.09. The maximum atomic E-state index is 2.68. The van der Waals surface area contributed by atoms with Gasteiger partial charge in [0, 0.05) is 19.8 Å². The lowest BCUT2D eigenvalue weighted by atomic mass is 9.87. The third-order valence-corrected chi connectivity index (χ3v) is 3.08. The van der Waals surface area contributed by atoms with E-state index in [2.05, 4.69) is 61.1 Å². The summed E-state index contributed by atoms with van der Waals surface area (Å²) in [4.78, 5) is 2.23. The fraction of sp³-hybridized carbons (Fsp3) is 0.500. The predicted molar refractivity (Wildman–Crippen MR) is 74.6 cm³/mol. The molecular weight excluding hydrogens is 200 g/mol. The third-order valence-electron chi connectivity index (χ3n) is 2.69. The molecule has 0 heterocycles. The average Bonchev–Trinajstić information content (AvgIpc) is 2.26. The Kier molecular flexibility index (Phi) is 4.66. The molecule has 0 spiro atoms. The molecule has 0 saturated carbocycles. The van der Waals surface area contributed by atoms with E-state index < -0.39 is 0 Å². The van der Waals surface area contributed by atoms with E-state index in [9.17, 15) is 0 Å². The monoisotopic (exact) mass is 220 g/mol. The van der Waals surface area contributed by atoms with Crippen LogP contribution in [0.2, 0.25) is 0 Å². The van der Waals surface area contributed by atoms with Crippen LogP contribution >= 0.6 is 9.12 Å².